The van der Waals surface area contributed by atoms with Crippen molar-refractivity contribution in [3.63, 3.8) is 0 Å². The van der Waals surface area contributed by atoms with E-state index in [9.17, 15) is 4.79 Å². The summed E-state index contributed by atoms with van der Waals surface area (Å²) < 4.78 is 1.37. The van der Waals surface area contributed by atoms with Gasteiger partial charge in [-0.05, 0) is 31.4 Å². The standard InChI is InChI=1S/C19H24N4O2/c1-14-9-15(2)11-17(10-14)16-3-6-22(7-4-16)8-5-18-12-23(21-20-18)13-19(24)25/h3,9-12H,4-8,13H2,1-2H3,(H,24,25). The van der Waals surface area contributed by atoms with Crippen LogP contribution in [0.15, 0.2) is 30.5 Å². The molecular formula is C19H24N4O2. The van der Waals surface area contributed by atoms with Crippen LogP contribution in [0.25, 0.3) is 5.57 Å². The number of hydrogen-bond acceptors (Lipinski definition) is 4. The summed E-state index contributed by atoms with van der Waals surface area (Å²) in [6.45, 7) is 7.02. The second kappa shape index (κ2) is 7.61. The van der Waals surface area contributed by atoms with Crippen LogP contribution >= 0.6 is 0 Å². The number of nitrogens with zero attached hydrogens (tertiary/aromatic N) is 4. The van der Waals surface area contributed by atoms with Gasteiger partial charge in [-0.2, -0.15) is 0 Å². The van der Waals surface area contributed by atoms with E-state index in [0.29, 0.717) is 0 Å². The number of carbonyl (C=O) groups is 1. The molecule has 0 bridgehead atoms. The Bertz CT molecular complexity index is 774. The number of aryl methyl sites for hydroxylation is 2. The molecule has 6 nitrogen and oxygen atoms in total. The highest BCUT2D eigenvalue weighted by Gasteiger charge is 2.14. The van der Waals surface area contributed by atoms with Gasteiger partial charge in [0, 0.05) is 32.3 Å². The first-order valence-corrected chi connectivity index (χ1v) is 8.60. The first-order valence-electron chi connectivity index (χ1n) is 8.60. The zero-order chi connectivity index (χ0) is 17.8. The van der Waals surface area contributed by atoms with Gasteiger partial charge in [0.05, 0.1) is 5.69 Å². The fourth-order valence-electron chi connectivity index (χ4n) is 3.28. The van der Waals surface area contributed by atoms with E-state index in [1.807, 2.05) is 0 Å². The van der Waals surface area contributed by atoms with Crippen molar-refractivity contribution in [1.82, 2.24) is 19.9 Å². The fourth-order valence-corrected chi connectivity index (χ4v) is 3.28. The van der Waals surface area contributed by atoms with E-state index >= 15 is 0 Å². The molecule has 0 aliphatic carbocycles. The third kappa shape index (κ3) is 4.76. The molecule has 25 heavy (non-hydrogen) atoms. The largest absolute Gasteiger partial charge is 0.480 e. The van der Waals surface area contributed by atoms with Crippen LogP contribution in [0.3, 0.4) is 0 Å². The molecule has 0 unspecified atom stereocenters. The maximum atomic E-state index is 10.7. The van der Waals surface area contributed by atoms with Gasteiger partial charge in [0.25, 0.3) is 0 Å². The summed E-state index contributed by atoms with van der Waals surface area (Å²) in [6.07, 6.45) is 5.87. The third-order valence-corrected chi connectivity index (χ3v) is 4.45. The van der Waals surface area contributed by atoms with Gasteiger partial charge in [-0.15, -0.1) is 5.10 Å². The lowest BCUT2D eigenvalue weighted by molar-refractivity contribution is -0.137. The van der Waals surface area contributed by atoms with Crippen LogP contribution in [0.2, 0.25) is 0 Å². The Kier molecular flexibility index (Phi) is 5.28. The lowest BCUT2D eigenvalue weighted by Crippen LogP contribution is -2.30. The number of benzene rings is 1. The van der Waals surface area contributed by atoms with Gasteiger partial charge in [0.1, 0.15) is 6.54 Å². The number of carboxylic acid groups (broad SMARTS) is 1. The van der Waals surface area contributed by atoms with Crippen molar-refractivity contribution in [2.24, 2.45) is 0 Å². The predicted octanol–water partition coefficient (Wildman–Crippen LogP) is 2.31. The Balaban J connectivity index is 1.54. The van der Waals surface area contributed by atoms with Crippen LogP contribution in [0.4, 0.5) is 0 Å². The number of rotatable bonds is 6. The minimum Gasteiger partial charge on any atom is -0.480 e. The van der Waals surface area contributed by atoms with E-state index in [-0.39, 0.29) is 6.54 Å². The monoisotopic (exact) mass is 340 g/mol. The normalized spacial score (nSPS) is 15.2. The highest BCUT2D eigenvalue weighted by atomic mass is 16.4. The smallest absolute Gasteiger partial charge is 0.325 e. The Morgan fingerprint density at radius 3 is 2.64 bits per heavy atom. The Morgan fingerprint density at radius 1 is 1.24 bits per heavy atom. The molecule has 0 radical (unpaired) electrons. The lowest BCUT2D eigenvalue weighted by Gasteiger charge is -2.26. The van der Waals surface area contributed by atoms with Crippen molar-refractivity contribution in [1.29, 1.82) is 0 Å². The molecule has 1 N–H and O–H groups in total. The molecule has 1 aliphatic heterocycles. The van der Waals surface area contributed by atoms with Crippen LogP contribution in [0.5, 0.6) is 0 Å². The molecule has 6 heteroatoms. The van der Waals surface area contributed by atoms with Crippen LogP contribution < -0.4 is 0 Å². The number of aliphatic carboxylic acids is 1. The zero-order valence-electron chi connectivity index (χ0n) is 14.8. The van der Waals surface area contributed by atoms with Crippen molar-refractivity contribution >= 4 is 11.5 Å². The van der Waals surface area contributed by atoms with Gasteiger partial charge in [-0.25, -0.2) is 4.68 Å². The minimum absolute atomic E-state index is 0.140. The van der Waals surface area contributed by atoms with Crippen molar-refractivity contribution in [3.8, 4) is 0 Å². The molecule has 0 amide bonds. The van der Waals surface area contributed by atoms with Gasteiger partial charge in [0.15, 0.2) is 0 Å². The van der Waals surface area contributed by atoms with Crippen molar-refractivity contribution in [2.45, 2.75) is 33.2 Å². The van der Waals surface area contributed by atoms with E-state index in [0.717, 1.165) is 38.2 Å². The van der Waals surface area contributed by atoms with E-state index < -0.39 is 5.97 Å². The summed E-state index contributed by atoms with van der Waals surface area (Å²) in [4.78, 5) is 13.1. The summed E-state index contributed by atoms with van der Waals surface area (Å²) in [5, 5.41) is 16.6. The molecule has 2 aromatic rings. The van der Waals surface area contributed by atoms with E-state index in [4.69, 9.17) is 5.11 Å². The molecular weight excluding hydrogens is 316 g/mol. The predicted molar refractivity (Wildman–Crippen MR) is 96.3 cm³/mol. The Labute approximate surface area is 147 Å². The maximum Gasteiger partial charge on any atom is 0.325 e. The molecule has 0 fully saturated rings. The highest BCUT2D eigenvalue weighted by Crippen LogP contribution is 2.24. The SMILES string of the molecule is Cc1cc(C)cc(C2=CCN(CCc3cn(CC(=O)O)nn3)CC2)c1. The topological polar surface area (TPSA) is 71.2 Å². The summed E-state index contributed by atoms with van der Waals surface area (Å²) in [7, 11) is 0. The average molecular weight is 340 g/mol. The maximum absolute atomic E-state index is 10.7. The Hall–Kier alpha value is -2.47. The van der Waals surface area contributed by atoms with Crippen molar-refractivity contribution < 1.29 is 9.90 Å². The van der Waals surface area contributed by atoms with Crippen LogP contribution in [0, 0.1) is 13.8 Å². The highest BCUT2D eigenvalue weighted by molar-refractivity contribution is 5.67. The van der Waals surface area contributed by atoms with Gasteiger partial charge < -0.3 is 5.11 Å². The second-order valence-corrected chi connectivity index (χ2v) is 6.71. The van der Waals surface area contributed by atoms with E-state index in [1.54, 1.807) is 6.20 Å². The van der Waals surface area contributed by atoms with Crippen LogP contribution in [-0.2, 0) is 17.8 Å². The first kappa shape index (κ1) is 17.4. The van der Waals surface area contributed by atoms with Gasteiger partial charge in [-0.3, -0.25) is 9.69 Å². The summed E-state index contributed by atoms with van der Waals surface area (Å²) in [5.41, 5.74) is 6.22. The molecule has 132 valence electrons. The molecule has 1 aromatic heterocycles. The number of hydrogen-bond donors (Lipinski definition) is 1. The summed E-state index contributed by atoms with van der Waals surface area (Å²) in [6, 6.07) is 6.72. The molecule has 1 aliphatic rings. The lowest BCUT2D eigenvalue weighted by atomic mass is 9.96. The van der Waals surface area contributed by atoms with Gasteiger partial charge in [-0.1, -0.05) is 40.6 Å². The van der Waals surface area contributed by atoms with Gasteiger partial charge in [0.2, 0.25) is 0 Å². The molecule has 2 heterocycles. The van der Waals surface area contributed by atoms with Crippen molar-refractivity contribution in [2.75, 3.05) is 19.6 Å². The molecule has 3 rings (SSSR count). The zero-order valence-corrected chi connectivity index (χ0v) is 14.8. The molecule has 0 saturated carbocycles. The second-order valence-electron chi connectivity index (χ2n) is 6.71. The molecule has 1 aromatic carbocycles. The summed E-state index contributed by atoms with van der Waals surface area (Å²) >= 11 is 0. The first-order chi connectivity index (χ1) is 12.0. The van der Waals surface area contributed by atoms with E-state index in [1.165, 1.54) is 26.9 Å². The number of carboxylic acids is 1. The molecule has 0 atom stereocenters. The number of aromatic nitrogens is 3. The molecule has 0 saturated heterocycles. The Morgan fingerprint density at radius 2 is 2.00 bits per heavy atom. The average Bonchev–Trinajstić information content (AvgIpc) is 2.99. The van der Waals surface area contributed by atoms with Gasteiger partial charge >= 0.3 is 5.97 Å². The summed E-state index contributed by atoms with van der Waals surface area (Å²) in [5.74, 6) is -0.906. The van der Waals surface area contributed by atoms with Crippen molar-refractivity contribution in [3.05, 3.63) is 52.9 Å². The van der Waals surface area contributed by atoms with Crippen LogP contribution in [-0.4, -0.2) is 50.6 Å². The van der Waals surface area contributed by atoms with Crippen LogP contribution in [0.1, 0.15) is 28.8 Å². The quantitative estimate of drug-likeness (QED) is 0.874. The van der Waals surface area contributed by atoms with E-state index in [2.05, 4.69) is 53.3 Å². The minimum atomic E-state index is -0.906. The fraction of sp³-hybridized carbons (Fsp3) is 0.421. The third-order valence-electron chi connectivity index (χ3n) is 4.45. The molecule has 0 spiro atoms.